The predicted molar refractivity (Wildman–Crippen MR) is 146 cm³/mol. The lowest BCUT2D eigenvalue weighted by Gasteiger charge is -2.23. The summed E-state index contributed by atoms with van der Waals surface area (Å²) in [5.74, 6) is -0.124. The van der Waals surface area contributed by atoms with Gasteiger partial charge in [-0.25, -0.2) is 9.78 Å². The molecule has 0 aliphatic rings. The van der Waals surface area contributed by atoms with Gasteiger partial charge in [0.05, 0.1) is 11.4 Å². The number of benzene rings is 1. The summed E-state index contributed by atoms with van der Waals surface area (Å²) < 4.78 is 6.18. The van der Waals surface area contributed by atoms with E-state index in [0.29, 0.717) is 42.3 Å². The molecule has 0 radical (unpaired) electrons. The summed E-state index contributed by atoms with van der Waals surface area (Å²) in [6, 6.07) is 12.2. The molecule has 35 heavy (non-hydrogen) atoms. The van der Waals surface area contributed by atoms with Crippen LogP contribution in [0, 0.1) is 0 Å². The SMILES string of the molecule is CCCC[C@@H](Oc1nc(-c2ccccc2)ccc1NCC(N)CS)C(=O)N[C@@H](CCSC)C(=O)O. The summed E-state index contributed by atoms with van der Waals surface area (Å²) in [6.07, 6.45) is 3.38. The van der Waals surface area contributed by atoms with Crippen LogP contribution in [0.15, 0.2) is 42.5 Å². The molecule has 0 bridgehead atoms. The van der Waals surface area contributed by atoms with Crippen molar-refractivity contribution in [3.63, 3.8) is 0 Å². The van der Waals surface area contributed by atoms with Gasteiger partial charge in [-0.2, -0.15) is 24.4 Å². The first kappa shape index (κ1) is 28.8. The number of hydrogen-bond donors (Lipinski definition) is 5. The average molecular weight is 521 g/mol. The summed E-state index contributed by atoms with van der Waals surface area (Å²) in [5, 5.41) is 15.4. The normalized spacial score (nSPS) is 13.5. The third kappa shape index (κ3) is 9.62. The van der Waals surface area contributed by atoms with Crippen LogP contribution in [-0.2, 0) is 9.59 Å². The molecule has 0 spiro atoms. The molecule has 1 aromatic heterocycles. The quantitative estimate of drug-likeness (QED) is 0.212. The summed E-state index contributed by atoms with van der Waals surface area (Å²) in [6.45, 7) is 2.47. The maximum Gasteiger partial charge on any atom is 0.326 e. The second-order valence-electron chi connectivity index (χ2n) is 8.17. The van der Waals surface area contributed by atoms with E-state index in [0.717, 1.165) is 18.4 Å². The molecule has 5 N–H and O–H groups in total. The number of carbonyl (C=O) groups excluding carboxylic acids is 1. The standard InChI is InChI=1S/C25H36N4O4S2/c1-3-4-10-22(23(30)28-21(25(31)32)13-14-35-2)33-24-20(27-15-18(26)16-34)12-11-19(29-24)17-8-6-5-7-9-17/h5-9,11-12,18,21-22,27,34H,3-4,10,13-16,26H2,1-2H3,(H,28,30)(H,31,32)/t18?,21-,22+/m0/s1. The van der Waals surface area contributed by atoms with Crippen LogP contribution in [0.2, 0.25) is 0 Å². The predicted octanol–water partition coefficient (Wildman–Crippen LogP) is 3.68. The van der Waals surface area contributed by atoms with Gasteiger partial charge in [0.1, 0.15) is 6.04 Å². The van der Waals surface area contributed by atoms with Crippen molar-refractivity contribution < 1.29 is 19.4 Å². The summed E-state index contributed by atoms with van der Waals surface area (Å²) >= 11 is 5.76. The topological polar surface area (TPSA) is 127 Å². The molecular weight excluding hydrogens is 484 g/mol. The highest BCUT2D eigenvalue weighted by molar-refractivity contribution is 7.98. The fourth-order valence-corrected chi connectivity index (χ4v) is 3.87. The first-order chi connectivity index (χ1) is 16.9. The van der Waals surface area contributed by atoms with Gasteiger partial charge in [-0.05, 0) is 43.4 Å². The zero-order chi connectivity index (χ0) is 25.6. The number of amides is 1. The Kier molecular flexibility index (Phi) is 12.8. The van der Waals surface area contributed by atoms with Gasteiger partial charge in [0.15, 0.2) is 6.10 Å². The summed E-state index contributed by atoms with van der Waals surface area (Å²) in [4.78, 5) is 29.5. The first-order valence-electron chi connectivity index (χ1n) is 11.7. The minimum atomic E-state index is -1.06. The second-order valence-corrected chi connectivity index (χ2v) is 9.52. The molecule has 1 unspecified atom stereocenters. The van der Waals surface area contributed by atoms with Gasteiger partial charge in [-0.1, -0.05) is 43.7 Å². The lowest BCUT2D eigenvalue weighted by atomic mass is 10.1. The Morgan fingerprint density at radius 2 is 1.94 bits per heavy atom. The Balaban J connectivity index is 2.33. The molecular formula is C25H36N4O4S2. The van der Waals surface area contributed by atoms with Crippen molar-refractivity contribution in [2.45, 2.75) is 50.8 Å². The number of aliphatic carboxylic acids is 1. The van der Waals surface area contributed by atoms with E-state index < -0.39 is 24.0 Å². The number of thioether (sulfide) groups is 1. The van der Waals surface area contributed by atoms with E-state index >= 15 is 0 Å². The van der Waals surface area contributed by atoms with Crippen LogP contribution in [-0.4, -0.2) is 64.5 Å². The molecule has 8 nitrogen and oxygen atoms in total. The van der Waals surface area contributed by atoms with E-state index in [1.54, 1.807) is 0 Å². The molecule has 0 fully saturated rings. The lowest BCUT2D eigenvalue weighted by molar-refractivity contribution is -0.143. The van der Waals surface area contributed by atoms with Crippen LogP contribution in [0.3, 0.4) is 0 Å². The first-order valence-corrected chi connectivity index (χ1v) is 13.8. The van der Waals surface area contributed by atoms with Gasteiger partial charge in [0, 0.05) is 23.9 Å². The Morgan fingerprint density at radius 3 is 2.57 bits per heavy atom. The van der Waals surface area contributed by atoms with E-state index in [2.05, 4.69) is 23.3 Å². The maximum absolute atomic E-state index is 13.1. The van der Waals surface area contributed by atoms with Crippen LogP contribution in [0.4, 0.5) is 5.69 Å². The highest BCUT2D eigenvalue weighted by Crippen LogP contribution is 2.29. The molecule has 2 aromatic rings. The van der Waals surface area contributed by atoms with Gasteiger partial charge in [0.2, 0.25) is 5.88 Å². The highest BCUT2D eigenvalue weighted by atomic mass is 32.2. The maximum atomic E-state index is 13.1. The number of ether oxygens (including phenoxy) is 1. The number of nitrogens with two attached hydrogens (primary N) is 1. The lowest BCUT2D eigenvalue weighted by Crippen LogP contribution is -2.47. The Hall–Kier alpha value is -2.43. The summed E-state index contributed by atoms with van der Waals surface area (Å²) in [5.41, 5.74) is 8.22. The number of carboxylic acids is 1. The number of anilines is 1. The fourth-order valence-electron chi connectivity index (χ4n) is 3.27. The number of carboxylic acid groups (broad SMARTS) is 1. The van der Waals surface area contributed by atoms with Crippen LogP contribution in [0.1, 0.15) is 32.6 Å². The number of nitrogens with one attached hydrogen (secondary N) is 2. The van der Waals surface area contributed by atoms with E-state index in [4.69, 9.17) is 15.5 Å². The largest absolute Gasteiger partial charge is 0.480 e. The molecule has 0 saturated heterocycles. The zero-order valence-corrected chi connectivity index (χ0v) is 22.0. The molecule has 0 aliphatic heterocycles. The Bertz CT molecular complexity index is 933. The van der Waals surface area contributed by atoms with Gasteiger partial charge >= 0.3 is 5.97 Å². The molecule has 2 rings (SSSR count). The number of pyridine rings is 1. The number of carbonyl (C=O) groups is 2. The number of thiol groups is 1. The van der Waals surface area contributed by atoms with Crippen LogP contribution >= 0.6 is 24.4 Å². The number of aromatic nitrogens is 1. The smallest absolute Gasteiger partial charge is 0.326 e. The van der Waals surface area contributed by atoms with Crippen molar-refractivity contribution >= 4 is 42.0 Å². The molecule has 192 valence electrons. The number of unbranched alkanes of at least 4 members (excludes halogenated alkanes) is 1. The van der Waals surface area contributed by atoms with Crippen molar-refractivity contribution in [1.29, 1.82) is 0 Å². The van der Waals surface area contributed by atoms with Gasteiger partial charge < -0.3 is 26.2 Å². The zero-order valence-electron chi connectivity index (χ0n) is 20.3. The third-order valence-electron chi connectivity index (χ3n) is 5.31. The van der Waals surface area contributed by atoms with Gasteiger partial charge in [0.25, 0.3) is 5.91 Å². The van der Waals surface area contributed by atoms with Crippen LogP contribution in [0.5, 0.6) is 5.88 Å². The van der Waals surface area contributed by atoms with Gasteiger partial charge in [-0.3, -0.25) is 4.79 Å². The van der Waals surface area contributed by atoms with Crippen molar-refractivity contribution in [3.05, 3.63) is 42.5 Å². The van der Waals surface area contributed by atoms with E-state index in [9.17, 15) is 14.7 Å². The van der Waals surface area contributed by atoms with E-state index in [-0.39, 0.29) is 11.9 Å². The highest BCUT2D eigenvalue weighted by Gasteiger charge is 2.27. The molecule has 1 aromatic carbocycles. The molecule has 1 heterocycles. The minimum Gasteiger partial charge on any atom is -0.480 e. The van der Waals surface area contributed by atoms with Crippen molar-refractivity contribution in [3.8, 4) is 17.1 Å². The second kappa shape index (κ2) is 15.5. The Labute approximate surface area is 217 Å². The molecule has 0 saturated carbocycles. The minimum absolute atomic E-state index is 0.174. The van der Waals surface area contributed by atoms with Crippen LogP contribution in [0.25, 0.3) is 11.3 Å². The fraction of sp³-hybridized carbons (Fsp3) is 0.480. The van der Waals surface area contributed by atoms with Crippen LogP contribution < -0.4 is 21.1 Å². The molecule has 10 heteroatoms. The van der Waals surface area contributed by atoms with Crippen molar-refractivity contribution in [1.82, 2.24) is 10.3 Å². The molecule has 3 atom stereocenters. The number of rotatable bonds is 16. The monoisotopic (exact) mass is 520 g/mol. The average Bonchev–Trinajstić information content (AvgIpc) is 2.87. The van der Waals surface area contributed by atoms with E-state index in [1.165, 1.54) is 11.8 Å². The summed E-state index contributed by atoms with van der Waals surface area (Å²) in [7, 11) is 0. The van der Waals surface area contributed by atoms with E-state index in [1.807, 2.05) is 55.6 Å². The molecule has 0 aliphatic carbocycles. The van der Waals surface area contributed by atoms with Gasteiger partial charge in [-0.15, -0.1) is 0 Å². The number of hydrogen-bond acceptors (Lipinski definition) is 8. The van der Waals surface area contributed by atoms with Crippen molar-refractivity contribution in [2.75, 3.05) is 29.6 Å². The molecule has 1 amide bonds. The van der Waals surface area contributed by atoms with Crippen molar-refractivity contribution in [2.24, 2.45) is 5.73 Å². The number of nitrogens with zero attached hydrogens (tertiary/aromatic N) is 1. The Morgan fingerprint density at radius 1 is 1.20 bits per heavy atom. The third-order valence-corrected chi connectivity index (χ3v) is 6.42.